The van der Waals surface area contributed by atoms with E-state index in [1.807, 2.05) is 31.2 Å². The first-order chi connectivity index (χ1) is 15.9. The number of imidazole rings is 1. The minimum absolute atomic E-state index is 0.739. The summed E-state index contributed by atoms with van der Waals surface area (Å²) in [6.07, 6.45) is 0. The van der Waals surface area contributed by atoms with Crippen LogP contribution in [0.4, 0.5) is 0 Å². The zero-order valence-electron chi connectivity index (χ0n) is 19.3. The van der Waals surface area contributed by atoms with Crippen LogP contribution in [0.25, 0.3) is 50.2 Å². The maximum atomic E-state index is 6.53. The largest absolute Gasteiger partial charge is 0.455 e. The fraction of sp³-hybridized carbons (Fsp3) is 0.143. The van der Waals surface area contributed by atoms with Crippen LogP contribution in [0.3, 0.4) is 0 Å². The first-order valence-corrected chi connectivity index (χ1v) is 14.8. The molecule has 0 aliphatic carbocycles. The number of furan rings is 1. The Morgan fingerprint density at radius 1 is 0.788 bits per heavy atom. The third kappa shape index (κ3) is 3.19. The summed E-state index contributed by atoms with van der Waals surface area (Å²) >= 11 is 0. The van der Waals surface area contributed by atoms with Crippen molar-refractivity contribution in [2.45, 2.75) is 26.6 Å². The standard InChI is InChI=1S/C28H25N3OSi/c1-18-13-16-24-27(29-18)30-28(31(24)19-9-6-5-7-10-19)23-12-8-11-22-21-15-14-20(33(2,3)4)17-25(21)32-26(22)23/h5-17H,1-4H3. The Balaban J connectivity index is 1.68. The molecule has 0 saturated carbocycles. The first-order valence-electron chi connectivity index (χ1n) is 11.3. The number of hydrogen-bond donors (Lipinski definition) is 0. The van der Waals surface area contributed by atoms with Gasteiger partial charge in [0, 0.05) is 22.2 Å². The monoisotopic (exact) mass is 447 g/mol. The third-order valence-electron chi connectivity index (χ3n) is 6.28. The molecule has 3 heterocycles. The summed E-state index contributed by atoms with van der Waals surface area (Å²) in [7, 11) is -1.44. The van der Waals surface area contributed by atoms with Crippen molar-refractivity contribution >= 4 is 46.4 Å². The molecule has 0 saturated heterocycles. The Kier molecular flexibility index (Phi) is 4.32. The van der Waals surface area contributed by atoms with Crippen molar-refractivity contribution in [3.05, 3.63) is 84.6 Å². The molecule has 33 heavy (non-hydrogen) atoms. The van der Waals surface area contributed by atoms with Gasteiger partial charge in [0.25, 0.3) is 0 Å². The van der Waals surface area contributed by atoms with Gasteiger partial charge in [-0.2, -0.15) is 0 Å². The van der Waals surface area contributed by atoms with Crippen molar-refractivity contribution in [1.29, 1.82) is 0 Å². The van der Waals surface area contributed by atoms with Crippen molar-refractivity contribution in [3.8, 4) is 17.1 Å². The van der Waals surface area contributed by atoms with Crippen LogP contribution in [-0.2, 0) is 0 Å². The SMILES string of the molecule is Cc1ccc2c(n1)nc(-c1cccc3c1oc1cc([Si](C)(C)C)ccc13)n2-c1ccccc1. The van der Waals surface area contributed by atoms with Gasteiger partial charge < -0.3 is 4.42 Å². The third-order valence-corrected chi connectivity index (χ3v) is 8.32. The molecule has 3 aromatic heterocycles. The molecular weight excluding hydrogens is 422 g/mol. The molecule has 0 spiro atoms. The van der Waals surface area contributed by atoms with Crippen LogP contribution < -0.4 is 5.19 Å². The quantitative estimate of drug-likeness (QED) is 0.279. The first kappa shape index (κ1) is 19.9. The summed E-state index contributed by atoms with van der Waals surface area (Å²) in [6, 6.07) is 27.5. The van der Waals surface area contributed by atoms with Crippen LogP contribution >= 0.6 is 0 Å². The summed E-state index contributed by atoms with van der Waals surface area (Å²) in [5, 5.41) is 3.65. The van der Waals surface area contributed by atoms with Crippen LogP contribution in [-0.4, -0.2) is 22.6 Å². The van der Waals surface area contributed by atoms with Crippen LogP contribution in [0, 0.1) is 6.92 Å². The molecule has 0 unspecified atom stereocenters. The molecular formula is C28H25N3OSi. The highest BCUT2D eigenvalue weighted by molar-refractivity contribution is 6.88. The topological polar surface area (TPSA) is 43.9 Å². The number of aromatic nitrogens is 3. The zero-order chi connectivity index (χ0) is 22.7. The smallest absolute Gasteiger partial charge is 0.178 e. The Labute approximate surface area is 193 Å². The van der Waals surface area contributed by atoms with Gasteiger partial charge in [-0.05, 0) is 43.3 Å². The van der Waals surface area contributed by atoms with E-state index in [2.05, 4.69) is 78.8 Å². The van der Waals surface area contributed by atoms with Gasteiger partial charge in [0.15, 0.2) is 11.5 Å². The Bertz CT molecular complexity index is 1660. The van der Waals surface area contributed by atoms with E-state index >= 15 is 0 Å². The molecule has 0 fully saturated rings. The second kappa shape index (κ2) is 7.15. The second-order valence-corrected chi connectivity index (χ2v) is 14.7. The van der Waals surface area contributed by atoms with Crippen LogP contribution in [0.1, 0.15) is 5.69 Å². The van der Waals surface area contributed by atoms with Crippen molar-refractivity contribution in [1.82, 2.24) is 14.5 Å². The van der Waals surface area contributed by atoms with E-state index in [1.54, 1.807) is 0 Å². The number of para-hydroxylation sites is 2. The molecule has 0 bridgehead atoms. The maximum Gasteiger partial charge on any atom is 0.178 e. The number of pyridine rings is 1. The number of fused-ring (bicyclic) bond motifs is 4. The fourth-order valence-electron chi connectivity index (χ4n) is 4.52. The Hall–Kier alpha value is -3.70. The van der Waals surface area contributed by atoms with Crippen molar-refractivity contribution in [2.75, 3.05) is 0 Å². The minimum Gasteiger partial charge on any atom is -0.455 e. The highest BCUT2D eigenvalue weighted by Gasteiger charge is 2.22. The number of benzene rings is 3. The number of rotatable bonds is 3. The molecule has 0 aliphatic rings. The molecule has 0 atom stereocenters. The van der Waals surface area contributed by atoms with Gasteiger partial charge in [0.2, 0.25) is 0 Å². The summed E-state index contributed by atoms with van der Waals surface area (Å²) in [6.45, 7) is 9.08. The van der Waals surface area contributed by atoms with Gasteiger partial charge in [-0.15, -0.1) is 0 Å². The normalized spacial score (nSPS) is 12.2. The van der Waals surface area contributed by atoms with Crippen molar-refractivity contribution < 1.29 is 4.42 Å². The number of hydrogen-bond acceptors (Lipinski definition) is 3. The fourth-order valence-corrected chi connectivity index (χ4v) is 5.66. The molecule has 0 N–H and O–H groups in total. The molecule has 5 heteroatoms. The summed E-state index contributed by atoms with van der Waals surface area (Å²) < 4.78 is 8.71. The van der Waals surface area contributed by atoms with Crippen molar-refractivity contribution in [2.24, 2.45) is 0 Å². The molecule has 0 aliphatic heterocycles. The lowest BCUT2D eigenvalue weighted by Crippen LogP contribution is -2.37. The molecule has 4 nitrogen and oxygen atoms in total. The van der Waals surface area contributed by atoms with E-state index in [0.29, 0.717) is 0 Å². The van der Waals surface area contributed by atoms with E-state index in [9.17, 15) is 0 Å². The lowest BCUT2D eigenvalue weighted by molar-refractivity contribution is 0.669. The number of nitrogens with zero attached hydrogens (tertiary/aromatic N) is 3. The molecule has 162 valence electrons. The highest BCUT2D eigenvalue weighted by atomic mass is 28.3. The van der Waals surface area contributed by atoms with Crippen LogP contribution in [0.5, 0.6) is 0 Å². The summed E-state index contributed by atoms with van der Waals surface area (Å²) in [5.41, 5.74) is 6.50. The van der Waals surface area contributed by atoms with Crippen LogP contribution in [0.2, 0.25) is 19.6 Å². The van der Waals surface area contributed by atoms with Crippen LogP contribution in [0.15, 0.2) is 83.3 Å². The van der Waals surface area contributed by atoms with Gasteiger partial charge in [0.1, 0.15) is 11.2 Å². The highest BCUT2D eigenvalue weighted by Crippen LogP contribution is 2.37. The van der Waals surface area contributed by atoms with E-state index in [1.165, 1.54) is 5.19 Å². The molecule has 0 amide bonds. The lowest BCUT2D eigenvalue weighted by Gasteiger charge is -2.15. The summed E-state index contributed by atoms with van der Waals surface area (Å²) in [5.74, 6) is 0.837. The van der Waals surface area contributed by atoms with Gasteiger partial charge in [-0.25, -0.2) is 9.97 Å². The molecule has 3 aromatic carbocycles. The van der Waals surface area contributed by atoms with Gasteiger partial charge in [-0.3, -0.25) is 4.57 Å². The second-order valence-electron chi connectivity index (χ2n) is 9.65. The Morgan fingerprint density at radius 3 is 2.39 bits per heavy atom. The minimum atomic E-state index is -1.44. The van der Waals surface area contributed by atoms with E-state index in [4.69, 9.17) is 14.4 Å². The maximum absolute atomic E-state index is 6.53. The van der Waals surface area contributed by atoms with Gasteiger partial charge in [-0.1, -0.05) is 67.3 Å². The average molecular weight is 448 g/mol. The zero-order valence-corrected chi connectivity index (χ0v) is 20.3. The summed E-state index contributed by atoms with van der Waals surface area (Å²) in [4.78, 5) is 9.71. The predicted octanol–water partition coefficient (Wildman–Crippen LogP) is 6.84. The van der Waals surface area contributed by atoms with E-state index in [0.717, 1.165) is 55.9 Å². The number of aryl methyl sites for hydroxylation is 1. The average Bonchev–Trinajstić information content (AvgIpc) is 3.36. The van der Waals surface area contributed by atoms with Gasteiger partial charge >= 0.3 is 0 Å². The van der Waals surface area contributed by atoms with E-state index < -0.39 is 8.07 Å². The molecule has 6 aromatic rings. The Morgan fingerprint density at radius 2 is 1.61 bits per heavy atom. The lowest BCUT2D eigenvalue weighted by atomic mass is 10.1. The predicted molar refractivity (Wildman–Crippen MR) is 139 cm³/mol. The molecule has 0 radical (unpaired) electrons. The van der Waals surface area contributed by atoms with Gasteiger partial charge in [0.05, 0.1) is 19.2 Å². The molecule has 6 rings (SSSR count). The van der Waals surface area contributed by atoms with E-state index in [-0.39, 0.29) is 0 Å². The van der Waals surface area contributed by atoms with Crippen molar-refractivity contribution in [3.63, 3.8) is 0 Å².